The molecule has 0 radical (unpaired) electrons. The number of carbonyl (C=O) groups is 1. The zero-order valence-electron chi connectivity index (χ0n) is 32.4. The monoisotopic (exact) mass is 763 g/mol. The quantitative estimate of drug-likeness (QED) is 0.182. The molecule has 3 aromatic carbocycles. The third-order valence-corrected chi connectivity index (χ3v) is 12.6. The molecule has 57 heavy (non-hydrogen) atoms. The normalized spacial score (nSPS) is 19.6. The molecule has 1 aliphatic carbocycles. The number of amides is 1. The summed E-state index contributed by atoms with van der Waals surface area (Å²) in [5.41, 5.74) is 6.46. The van der Waals surface area contributed by atoms with Crippen molar-refractivity contribution in [2.75, 3.05) is 19.8 Å². The molecule has 2 fully saturated rings. The molecular formula is C44H42FN9O3. The van der Waals surface area contributed by atoms with E-state index in [1.165, 1.54) is 5.56 Å². The van der Waals surface area contributed by atoms with Gasteiger partial charge in [-0.15, -0.1) is 0 Å². The van der Waals surface area contributed by atoms with E-state index in [2.05, 4.69) is 36.3 Å². The van der Waals surface area contributed by atoms with Crippen LogP contribution in [-0.4, -0.2) is 63.8 Å². The number of nitriles is 1. The minimum atomic E-state index is -0.809. The Kier molecular flexibility index (Phi) is 7.96. The first-order valence-corrected chi connectivity index (χ1v) is 19.6. The number of imidazole rings is 1. The number of hydrogen-bond acceptors (Lipinski definition) is 6. The lowest BCUT2D eigenvalue weighted by Crippen LogP contribution is -2.40. The molecule has 2 atom stereocenters. The molecule has 288 valence electrons. The molecule has 6 heterocycles. The summed E-state index contributed by atoms with van der Waals surface area (Å²) in [5, 5.41) is 21.8. The molecule has 2 aliphatic heterocycles. The number of aromatic nitrogens is 7. The van der Waals surface area contributed by atoms with E-state index >= 15 is 0 Å². The smallest absolute Gasteiger partial charge is 0.337 e. The average molecular weight is 764 g/mol. The van der Waals surface area contributed by atoms with E-state index < -0.39 is 5.54 Å². The summed E-state index contributed by atoms with van der Waals surface area (Å²) in [6.07, 6.45) is 7.79. The first-order chi connectivity index (χ1) is 27.6. The third kappa shape index (κ3) is 5.41. The van der Waals surface area contributed by atoms with Crippen LogP contribution in [0.3, 0.4) is 0 Å². The van der Waals surface area contributed by atoms with Crippen LogP contribution in [0.4, 0.5) is 4.39 Å². The minimum Gasteiger partial charge on any atom is -0.381 e. The first-order valence-electron chi connectivity index (χ1n) is 19.6. The highest BCUT2D eigenvalue weighted by molar-refractivity contribution is 5.99. The van der Waals surface area contributed by atoms with Crippen molar-refractivity contribution in [1.29, 1.82) is 5.26 Å². The standard InChI is InChI=1S/C44H42FN9O3/c1-26-17-32(18-27(2)39(26)45)40-41(52-13-12-51(43(52)56)34-6-8-35-33(20-34)23-47-49(35)4)38-24-50(11-14-53(38)48-40)42(55)37-21-31-19-30(29-9-15-57-16-10-29)5-7-36(31)54(37)44(25-46)22-28(44)3/h5-8,12-13,17-21,23,28-29H,9-11,14-16,22,24H2,1-4H3/t28-,44?/m0/s1. The molecule has 4 aromatic heterocycles. The van der Waals surface area contributed by atoms with Crippen LogP contribution < -0.4 is 5.69 Å². The van der Waals surface area contributed by atoms with Gasteiger partial charge in [-0.05, 0) is 110 Å². The zero-order chi connectivity index (χ0) is 39.3. The Labute approximate surface area is 327 Å². The van der Waals surface area contributed by atoms with Crippen molar-refractivity contribution in [3.05, 3.63) is 118 Å². The van der Waals surface area contributed by atoms with Gasteiger partial charge in [0.2, 0.25) is 0 Å². The van der Waals surface area contributed by atoms with E-state index in [1.807, 2.05) is 40.6 Å². The van der Waals surface area contributed by atoms with E-state index in [4.69, 9.17) is 9.84 Å². The topological polar surface area (TPSA) is 121 Å². The lowest BCUT2D eigenvalue weighted by atomic mass is 9.91. The van der Waals surface area contributed by atoms with Crippen molar-refractivity contribution in [3.63, 3.8) is 0 Å². The van der Waals surface area contributed by atoms with Crippen molar-refractivity contribution in [2.24, 2.45) is 13.0 Å². The highest BCUT2D eigenvalue weighted by Crippen LogP contribution is 2.52. The van der Waals surface area contributed by atoms with E-state index in [0.717, 1.165) is 47.9 Å². The van der Waals surface area contributed by atoms with Gasteiger partial charge >= 0.3 is 5.69 Å². The third-order valence-electron chi connectivity index (χ3n) is 12.6. The number of ether oxygens (including phenoxy) is 1. The summed E-state index contributed by atoms with van der Waals surface area (Å²) in [7, 11) is 1.88. The number of nitrogens with zero attached hydrogens (tertiary/aromatic N) is 9. The first kappa shape index (κ1) is 35.2. The number of carbonyl (C=O) groups excluding carboxylic acids is 1. The number of halogens is 1. The molecule has 1 saturated carbocycles. The van der Waals surface area contributed by atoms with Crippen LogP contribution >= 0.6 is 0 Å². The summed E-state index contributed by atoms with van der Waals surface area (Å²) >= 11 is 0. The van der Waals surface area contributed by atoms with Crippen molar-refractivity contribution in [3.8, 4) is 28.7 Å². The molecule has 0 spiro atoms. The van der Waals surface area contributed by atoms with Gasteiger partial charge in [0.1, 0.15) is 28.4 Å². The van der Waals surface area contributed by atoms with Crippen LogP contribution in [-0.2, 0) is 30.4 Å². The van der Waals surface area contributed by atoms with Gasteiger partial charge in [0, 0.05) is 55.5 Å². The van der Waals surface area contributed by atoms with E-state index in [9.17, 15) is 19.2 Å². The highest BCUT2D eigenvalue weighted by atomic mass is 19.1. The predicted octanol–water partition coefficient (Wildman–Crippen LogP) is 6.90. The lowest BCUT2D eigenvalue weighted by molar-refractivity contribution is 0.0693. The number of fused-ring (bicyclic) bond motifs is 3. The zero-order valence-corrected chi connectivity index (χ0v) is 32.4. The van der Waals surface area contributed by atoms with Gasteiger partial charge < -0.3 is 14.2 Å². The fraction of sp³-hybridized carbons (Fsp3) is 0.341. The van der Waals surface area contributed by atoms with Gasteiger partial charge in [-0.1, -0.05) is 13.0 Å². The van der Waals surface area contributed by atoms with Gasteiger partial charge in [0.25, 0.3) is 5.91 Å². The Morgan fingerprint density at radius 2 is 1.70 bits per heavy atom. The molecule has 13 heteroatoms. The largest absolute Gasteiger partial charge is 0.381 e. The molecular weight excluding hydrogens is 722 g/mol. The summed E-state index contributed by atoms with van der Waals surface area (Å²) < 4.78 is 29.4. The van der Waals surface area contributed by atoms with Crippen molar-refractivity contribution in [1.82, 2.24) is 38.2 Å². The fourth-order valence-corrected chi connectivity index (χ4v) is 9.25. The molecule has 12 nitrogen and oxygen atoms in total. The minimum absolute atomic E-state index is 0.0918. The molecule has 3 aliphatic rings. The SMILES string of the molecule is Cc1cc(-c2nn3c(c2-n2ccn(-c4ccc5c(cnn5C)c4)c2=O)CN(C(=O)c2cc4cc(C5CCOCC5)ccc4n2C2(C#N)C[C@@H]2C)CC3)cc(C)c1F. The molecule has 0 bridgehead atoms. The Bertz CT molecular complexity index is 2870. The number of benzene rings is 3. The van der Waals surface area contributed by atoms with Crippen molar-refractivity contribution < 1.29 is 13.9 Å². The Hall–Kier alpha value is -6.26. The summed E-state index contributed by atoms with van der Waals surface area (Å²) in [6, 6.07) is 20.2. The molecule has 10 rings (SSSR count). The number of hydrogen-bond donors (Lipinski definition) is 0. The highest BCUT2D eigenvalue weighted by Gasteiger charge is 2.55. The van der Waals surface area contributed by atoms with E-state index in [1.54, 1.807) is 63.3 Å². The van der Waals surface area contributed by atoms with Gasteiger partial charge in [-0.3, -0.25) is 23.3 Å². The summed E-state index contributed by atoms with van der Waals surface area (Å²) in [4.78, 5) is 31.2. The maximum absolute atomic E-state index is 14.9. The number of aryl methyl sites for hydroxylation is 3. The lowest BCUT2D eigenvalue weighted by Gasteiger charge is -2.29. The second kappa shape index (κ2) is 12.9. The number of rotatable bonds is 6. The summed E-state index contributed by atoms with van der Waals surface area (Å²) in [6.45, 7) is 7.90. The van der Waals surface area contributed by atoms with Gasteiger partial charge in [0.15, 0.2) is 0 Å². The van der Waals surface area contributed by atoms with Gasteiger partial charge in [0.05, 0.1) is 47.8 Å². The van der Waals surface area contributed by atoms with Crippen LogP contribution in [0, 0.1) is 36.9 Å². The molecule has 0 N–H and O–H groups in total. The molecule has 1 saturated heterocycles. The molecule has 7 aromatic rings. The van der Waals surface area contributed by atoms with E-state index in [0.29, 0.717) is 70.6 Å². The van der Waals surface area contributed by atoms with Crippen LogP contribution in [0.25, 0.3) is 44.4 Å². The second-order valence-electron chi connectivity index (χ2n) is 16.1. The predicted molar refractivity (Wildman–Crippen MR) is 213 cm³/mol. The van der Waals surface area contributed by atoms with Gasteiger partial charge in [-0.25, -0.2) is 9.18 Å². The molecule has 1 unspecified atom stereocenters. The van der Waals surface area contributed by atoms with Crippen LogP contribution in [0.15, 0.2) is 78.0 Å². The fourth-order valence-electron chi connectivity index (χ4n) is 9.25. The maximum Gasteiger partial charge on any atom is 0.337 e. The average Bonchev–Trinajstić information content (AvgIpc) is 3.67. The Balaban J connectivity index is 1.08. The Morgan fingerprint density at radius 1 is 0.965 bits per heavy atom. The van der Waals surface area contributed by atoms with Crippen molar-refractivity contribution >= 4 is 27.7 Å². The Morgan fingerprint density at radius 3 is 2.44 bits per heavy atom. The summed E-state index contributed by atoms with van der Waals surface area (Å²) in [5.74, 6) is 0.00555. The van der Waals surface area contributed by atoms with Crippen molar-refractivity contribution in [2.45, 2.75) is 64.6 Å². The maximum atomic E-state index is 14.9. The van der Waals surface area contributed by atoms with Crippen LogP contribution in [0.5, 0.6) is 0 Å². The second-order valence-corrected chi connectivity index (χ2v) is 16.1. The van der Waals surface area contributed by atoms with Gasteiger partial charge in [-0.2, -0.15) is 15.5 Å². The van der Waals surface area contributed by atoms with Crippen LogP contribution in [0.1, 0.15) is 65.0 Å². The van der Waals surface area contributed by atoms with E-state index in [-0.39, 0.29) is 29.9 Å². The molecule has 1 amide bonds. The van der Waals surface area contributed by atoms with Crippen LogP contribution in [0.2, 0.25) is 0 Å².